The molecule has 0 unspecified atom stereocenters. The van der Waals surface area contributed by atoms with Crippen molar-refractivity contribution in [2.45, 2.75) is 0 Å². The molecule has 0 spiro atoms. The Morgan fingerprint density at radius 3 is 2.46 bits per heavy atom. The maximum atomic E-state index is 15.1. The van der Waals surface area contributed by atoms with E-state index in [2.05, 4.69) is 33.0 Å². The molecule has 5 rings (SSSR count). The highest BCUT2D eigenvalue weighted by atomic mass is 19.1. The summed E-state index contributed by atoms with van der Waals surface area (Å²) >= 11 is 0. The summed E-state index contributed by atoms with van der Waals surface area (Å²) in [6.07, 6.45) is 0. The van der Waals surface area contributed by atoms with Crippen LogP contribution in [0.15, 0.2) is 66.7 Å². The smallest absolute Gasteiger partial charge is 0.335 e. The highest BCUT2D eigenvalue weighted by molar-refractivity contribution is 6.37. The molecule has 11 heteroatoms. The van der Waals surface area contributed by atoms with E-state index in [1.165, 1.54) is 30.3 Å². The van der Waals surface area contributed by atoms with E-state index in [0.29, 0.717) is 34.7 Å². The molecular weight excluding hydrogens is 529 g/mol. The third-order valence-corrected chi connectivity index (χ3v) is 7.08. The van der Waals surface area contributed by atoms with Crippen LogP contribution < -0.4 is 16.1 Å². The summed E-state index contributed by atoms with van der Waals surface area (Å²) in [7, 11) is 2.07. The normalized spacial score (nSPS) is 16.6. The first-order valence-corrected chi connectivity index (χ1v) is 13.2. The summed E-state index contributed by atoms with van der Waals surface area (Å²) in [4.78, 5) is 46.8. The van der Waals surface area contributed by atoms with E-state index in [-0.39, 0.29) is 23.3 Å². The second-order valence-corrected chi connectivity index (χ2v) is 9.88. The number of benzene rings is 3. The van der Waals surface area contributed by atoms with Gasteiger partial charge in [0, 0.05) is 44.0 Å². The van der Waals surface area contributed by atoms with Gasteiger partial charge in [-0.1, -0.05) is 36.4 Å². The molecule has 1 fully saturated rings. The Balaban J connectivity index is 1.33. The minimum atomic E-state index is -1.11. The molecular formula is C30H30FN5O5. The van der Waals surface area contributed by atoms with Crippen molar-refractivity contribution >= 4 is 40.4 Å². The summed E-state index contributed by atoms with van der Waals surface area (Å²) in [5.74, 6) is -3.01. The molecule has 41 heavy (non-hydrogen) atoms. The van der Waals surface area contributed by atoms with Crippen molar-refractivity contribution in [3.05, 3.63) is 94.8 Å². The summed E-state index contributed by atoms with van der Waals surface area (Å²) in [5, 5.41) is 15.2. The van der Waals surface area contributed by atoms with Gasteiger partial charge < -0.3 is 20.6 Å². The van der Waals surface area contributed by atoms with E-state index in [9.17, 15) is 19.5 Å². The predicted molar refractivity (Wildman–Crippen MR) is 153 cm³/mol. The Morgan fingerprint density at radius 2 is 1.76 bits per heavy atom. The fourth-order valence-corrected chi connectivity index (χ4v) is 4.78. The van der Waals surface area contributed by atoms with Crippen LogP contribution in [0.3, 0.4) is 0 Å². The number of aromatic carboxylic acids is 1. The highest BCUT2D eigenvalue weighted by Gasteiger charge is 2.29. The van der Waals surface area contributed by atoms with Crippen molar-refractivity contribution in [1.29, 1.82) is 0 Å². The number of likely N-dealkylation sites (N-methyl/N-ethyl adjacent to an activating group) is 1. The third kappa shape index (κ3) is 6.43. The van der Waals surface area contributed by atoms with Gasteiger partial charge >= 0.3 is 5.97 Å². The molecule has 2 amide bonds. The van der Waals surface area contributed by atoms with Gasteiger partial charge in [0.1, 0.15) is 5.82 Å². The lowest BCUT2D eigenvalue weighted by Crippen LogP contribution is -2.45. The van der Waals surface area contributed by atoms with Crippen molar-refractivity contribution < 1.29 is 28.7 Å². The first kappa shape index (κ1) is 28.0. The van der Waals surface area contributed by atoms with E-state index in [1.807, 2.05) is 6.07 Å². The molecule has 4 N–H and O–H groups in total. The molecule has 1 saturated heterocycles. The summed E-state index contributed by atoms with van der Waals surface area (Å²) in [6.45, 7) is 4.74. The lowest BCUT2D eigenvalue weighted by Gasteiger charge is -2.32. The van der Waals surface area contributed by atoms with Crippen LogP contribution in [-0.4, -0.2) is 79.1 Å². The van der Waals surface area contributed by atoms with E-state index >= 15 is 4.39 Å². The molecule has 0 atom stereocenters. The number of hydroxylamine groups is 1. The number of rotatable bonds is 9. The van der Waals surface area contributed by atoms with Gasteiger partial charge in [-0.3, -0.25) is 19.3 Å². The number of halogens is 1. The number of hydrogen-bond donors (Lipinski definition) is 4. The number of hydrogen-bond acceptors (Lipinski definition) is 7. The molecule has 0 saturated carbocycles. The van der Waals surface area contributed by atoms with Crippen molar-refractivity contribution in [1.82, 2.24) is 15.3 Å². The van der Waals surface area contributed by atoms with Crippen LogP contribution >= 0.6 is 0 Å². The van der Waals surface area contributed by atoms with Crippen LogP contribution in [-0.2, 0) is 9.63 Å². The Hall–Kier alpha value is -4.58. The predicted octanol–water partition coefficient (Wildman–Crippen LogP) is 3.37. The van der Waals surface area contributed by atoms with E-state index in [1.54, 1.807) is 30.3 Å². The van der Waals surface area contributed by atoms with Gasteiger partial charge in [-0.05, 0) is 42.9 Å². The van der Waals surface area contributed by atoms with E-state index in [4.69, 9.17) is 4.84 Å². The van der Waals surface area contributed by atoms with Crippen LogP contribution in [0.5, 0.6) is 0 Å². The van der Waals surface area contributed by atoms with Crippen LogP contribution in [0.4, 0.5) is 15.8 Å². The Labute approximate surface area is 236 Å². The average molecular weight is 560 g/mol. The van der Waals surface area contributed by atoms with Crippen LogP contribution in [0.2, 0.25) is 0 Å². The summed E-state index contributed by atoms with van der Waals surface area (Å²) < 4.78 is 15.1. The van der Waals surface area contributed by atoms with Gasteiger partial charge in [-0.15, -0.1) is 0 Å². The van der Waals surface area contributed by atoms with Gasteiger partial charge in [0.05, 0.1) is 34.7 Å². The molecule has 2 aliphatic heterocycles. The fraction of sp³-hybridized carbons (Fsp3) is 0.233. The van der Waals surface area contributed by atoms with Crippen LogP contribution in [0.1, 0.15) is 31.8 Å². The Bertz CT molecular complexity index is 1500. The van der Waals surface area contributed by atoms with Crippen molar-refractivity contribution in [2.75, 3.05) is 57.0 Å². The molecule has 0 aromatic heterocycles. The molecule has 2 aliphatic rings. The first-order valence-electron chi connectivity index (χ1n) is 13.2. The lowest BCUT2D eigenvalue weighted by atomic mass is 9.99. The maximum Gasteiger partial charge on any atom is 0.335 e. The largest absolute Gasteiger partial charge is 0.478 e. The van der Waals surface area contributed by atoms with Crippen molar-refractivity contribution in [3.8, 4) is 0 Å². The zero-order chi connectivity index (χ0) is 28.9. The molecule has 212 valence electrons. The number of carboxylic acid groups (broad SMARTS) is 1. The van der Waals surface area contributed by atoms with Crippen molar-refractivity contribution in [3.63, 3.8) is 0 Å². The van der Waals surface area contributed by atoms with Gasteiger partial charge in [0.15, 0.2) is 0 Å². The number of fused-ring (bicyclic) bond motifs is 1. The fourth-order valence-electron chi connectivity index (χ4n) is 4.78. The summed E-state index contributed by atoms with van der Waals surface area (Å²) in [5.41, 5.74) is 4.68. The monoisotopic (exact) mass is 559 g/mol. The Kier molecular flexibility index (Phi) is 8.39. The second kappa shape index (κ2) is 12.3. The zero-order valence-corrected chi connectivity index (χ0v) is 22.4. The maximum absolute atomic E-state index is 15.1. The van der Waals surface area contributed by atoms with Gasteiger partial charge in [0.2, 0.25) is 0 Å². The van der Waals surface area contributed by atoms with Crippen LogP contribution in [0.25, 0.3) is 11.3 Å². The number of nitrogens with one attached hydrogen (secondary N) is 3. The third-order valence-electron chi connectivity index (χ3n) is 7.08. The molecule has 0 aliphatic carbocycles. The number of carbonyl (C=O) groups excluding carboxylic acids is 2. The molecule has 10 nitrogen and oxygen atoms in total. The minimum absolute atomic E-state index is 0.0405. The molecule has 3 aromatic carbocycles. The molecule has 0 radical (unpaired) electrons. The Morgan fingerprint density at radius 1 is 1.00 bits per heavy atom. The number of anilines is 2. The zero-order valence-electron chi connectivity index (χ0n) is 22.4. The number of nitrogens with zero attached hydrogens (tertiary/aromatic N) is 2. The number of piperazine rings is 1. The first-order chi connectivity index (χ1) is 19.8. The van der Waals surface area contributed by atoms with E-state index < -0.39 is 23.6 Å². The van der Waals surface area contributed by atoms with E-state index in [0.717, 1.165) is 26.2 Å². The molecule has 2 heterocycles. The van der Waals surface area contributed by atoms with Gasteiger partial charge in [-0.2, -0.15) is 0 Å². The number of amides is 2. The molecule has 3 aromatic rings. The minimum Gasteiger partial charge on any atom is -0.478 e. The number of carboxylic acids is 1. The number of carbonyl (C=O) groups is 3. The van der Waals surface area contributed by atoms with Crippen molar-refractivity contribution in [2.24, 2.45) is 0 Å². The standard InChI is InChI=1S/C30H30FN5O5/c1-35-11-13-36(14-12-35)15-16-41-34-28(37)22-10-8-21(18-24(22)31)32-27(19-5-3-2-4-6-19)26-23-9-7-20(30(39)40)17-25(23)33-29(26)38/h2-10,17-18,32H,11-16H2,1H3,(H,33,38)(H,34,37)(H,39,40)/b27-26+. The average Bonchev–Trinajstić information content (AvgIpc) is 3.30. The van der Waals surface area contributed by atoms with Gasteiger partial charge in [-0.25, -0.2) is 14.7 Å². The van der Waals surface area contributed by atoms with Crippen LogP contribution in [0, 0.1) is 5.82 Å². The SMILES string of the molecule is CN1CCN(CCONC(=O)c2ccc(N/C(=C3/C(=O)Nc4cc(C(=O)O)ccc43)c3ccccc3)cc2F)CC1. The molecule has 0 bridgehead atoms. The topological polar surface area (TPSA) is 123 Å². The summed E-state index contributed by atoms with van der Waals surface area (Å²) in [6, 6.07) is 17.4. The lowest BCUT2D eigenvalue weighted by molar-refractivity contribution is -0.110. The highest BCUT2D eigenvalue weighted by Crippen LogP contribution is 2.38. The quantitative estimate of drug-likeness (QED) is 0.179. The second-order valence-electron chi connectivity index (χ2n) is 9.88. The van der Waals surface area contributed by atoms with Gasteiger partial charge in [0.25, 0.3) is 11.8 Å².